The molecule has 0 aliphatic rings. The maximum atomic E-state index is 11.6. The summed E-state index contributed by atoms with van der Waals surface area (Å²) in [4.78, 5) is 14.7. The Labute approximate surface area is 94.4 Å². The average Bonchev–Trinajstić information content (AvgIpc) is 2.70. The molecule has 0 fully saturated rings. The first-order chi connectivity index (χ1) is 7.63. The average molecular weight is 217 g/mol. The number of H-pyrrole nitrogens is 1. The molecule has 1 aromatic carbocycles. The van der Waals surface area contributed by atoms with Crippen molar-refractivity contribution < 1.29 is 9.53 Å². The standard InChI is InChI=1S/C13H15NO2/c1-4-16-13(15)11-7-10-8(2)5-6-9(3)12(10)14-11/h5-7,14H,4H2,1-3H3. The Morgan fingerprint density at radius 3 is 2.62 bits per heavy atom. The number of carbonyl (C=O) groups is 1. The summed E-state index contributed by atoms with van der Waals surface area (Å²) in [5.74, 6) is -0.294. The molecule has 0 aliphatic carbocycles. The molecule has 1 heterocycles. The van der Waals surface area contributed by atoms with Gasteiger partial charge in [0.2, 0.25) is 0 Å². The molecule has 2 aromatic rings. The van der Waals surface area contributed by atoms with Crippen LogP contribution in [0.5, 0.6) is 0 Å². The molecule has 2 rings (SSSR count). The van der Waals surface area contributed by atoms with Crippen molar-refractivity contribution in [3.05, 3.63) is 35.0 Å². The molecule has 3 heteroatoms. The molecule has 0 saturated carbocycles. The van der Waals surface area contributed by atoms with E-state index in [4.69, 9.17) is 4.74 Å². The van der Waals surface area contributed by atoms with Gasteiger partial charge in [0.15, 0.2) is 0 Å². The van der Waals surface area contributed by atoms with Gasteiger partial charge in [-0.05, 0) is 38.0 Å². The summed E-state index contributed by atoms with van der Waals surface area (Å²) >= 11 is 0. The summed E-state index contributed by atoms with van der Waals surface area (Å²) in [6, 6.07) is 5.96. The fraction of sp³-hybridized carbons (Fsp3) is 0.308. The molecule has 0 atom stereocenters. The summed E-state index contributed by atoms with van der Waals surface area (Å²) in [6.45, 7) is 6.25. The summed E-state index contributed by atoms with van der Waals surface area (Å²) < 4.78 is 4.97. The first-order valence-corrected chi connectivity index (χ1v) is 5.39. The summed E-state index contributed by atoms with van der Waals surface area (Å²) in [7, 11) is 0. The highest BCUT2D eigenvalue weighted by Crippen LogP contribution is 2.23. The van der Waals surface area contributed by atoms with Crippen molar-refractivity contribution in [3.8, 4) is 0 Å². The maximum absolute atomic E-state index is 11.6. The number of esters is 1. The van der Waals surface area contributed by atoms with Crippen LogP contribution in [-0.4, -0.2) is 17.6 Å². The molecule has 0 unspecified atom stereocenters. The van der Waals surface area contributed by atoms with Crippen molar-refractivity contribution in [1.82, 2.24) is 4.98 Å². The van der Waals surface area contributed by atoms with Crippen LogP contribution in [0.3, 0.4) is 0 Å². The Morgan fingerprint density at radius 2 is 2.00 bits per heavy atom. The second-order valence-corrected chi connectivity index (χ2v) is 3.89. The number of ether oxygens (including phenoxy) is 1. The van der Waals surface area contributed by atoms with Crippen LogP contribution in [-0.2, 0) is 4.74 Å². The van der Waals surface area contributed by atoms with E-state index in [1.807, 2.05) is 26.0 Å². The fourth-order valence-electron chi connectivity index (χ4n) is 1.82. The van der Waals surface area contributed by atoms with Gasteiger partial charge in [-0.1, -0.05) is 12.1 Å². The molecule has 84 valence electrons. The molecule has 0 aliphatic heterocycles. The van der Waals surface area contributed by atoms with Gasteiger partial charge in [-0.2, -0.15) is 0 Å². The van der Waals surface area contributed by atoms with Crippen LogP contribution >= 0.6 is 0 Å². The number of benzene rings is 1. The highest BCUT2D eigenvalue weighted by molar-refractivity contribution is 5.96. The zero-order valence-corrected chi connectivity index (χ0v) is 9.76. The number of carbonyl (C=O) groups excluding carboxylic acids is 1. The minimum absolute atomic E-state index is 0.294. The number of aromatic nitrogens is 1. The van der Waals surface area contributed by atoms with Gasteiger partial charge < -0.3 is 9.72 Å². The van der Waals surface area contributed by atoms with E-state index in [0.717, 1.165) is 22.0 Å². The molecule has 0 saturated heterocycles. The smallest absolute Gasteiger partial charge is 0.354 e. The summed E-state index contributed by atoms with van der Waals surface area (Å²) in [5.41, 5.74) is 3.83. The highest BCUT2D eigenvalue weighted by atomic mass is 16.5. The summed E-state index contributed by atoms with van der Waals surface area (Å²) in [6.07, 6.45) is 0. The van der Waals surface area contributed by atoms with E-state index < -0.39 is 0 Å². The number of hydrogen-bond donors (Lipinski definition) is 1. The predicted molar refractivity (Wildman–Crippen MR) is 63.7 cm³/mol. The second kappa shape index (κ2) is 4.00. The number of fused-ring (bicyclic) bond motifs is 1. The van der Waals surface area contributed by atoms with Crippen molar-refractivity contribution in [2.45, 2.75) is 20.8 Å². The molecular weight excluding hydrogens is 202 g/mol. The molecule has 0 spiro atoms. The molecule has 16 heavy (non-hydrogen) atoms. The van der Waals surface area contributed by atoms with Crippen molar-refractivity contribution in [2.24, 2.45) is 0 Å². The second-order valence-electron chi connectivity index (χ2n) is 3.89. The van der Waals surface area contributed by atoms with Crippen LogP contribution in [0.1, 0.15) is 28.5 Å². The maximum Gasteiger partial charge on any atom is 0.354 e. The monoisotopic (exact) mass is 217 g/mol. The van der Waals surface area contributed by atoms with Gasteiger partial charge >= 0.3 is 5.97 Å². The van der Waals surface area contributed by atoms with Gasteiger partial charge in [0.25, 0.3) is 0 Å². The highest BCUT2D eigenvalue weighted by Gasteiger charge is 2.12. The normalized spacial score (nSPS) is 10.7. The van der Waals surface area contributed by atoms with E-state index in [2.05, 4.69) is 11.1 Å². The lowest BCUT2D eigenvalue weighted by Crippen LogP contribution is -2.04. The Hall–Kier alpha value is -1.77. The molecule has 0 radical (unpaired) electrons. The predicted octanol–water partition coefficient (Wildman–Crippen LogP) is 2.96. The minimum atomic E-state index is -0.294. The van der Waals surface area contributed by atoms with Crippen LogP contribution in [0, 0.1) is 13.8 Å². The molecule has 0 bridgehead atoms. The molecule has 3 nitrogen and oxygen atoms in total. The summed E-state index contributed by atoms with van der Waals surface area (Å²) in [5, 5.41) is 1.09. The molecular formula is C13H15NO2. The number of nitrogens with one attached hydrogen (secondary N) is 1. The molecule has 1 aromatic heterocycles. The number of aryl methyl sites for hydroxylation is 2. The Bertz CT molecular complexity index is 501. The van der Waals surface area contributed by atoms with Gasteiger partial charge in [0.05, 0.1) is 6.61 Å². The van der Waals surface area contributed by atoms with Crippen molar-refractivity contribution in [2.75, 3.05) is 6.61 Å². The largest absolute Gasteiger partial charge is 0.461 e. The quantitative estimate of drug-likeness (QED) is 0.786. The van der Waals surface area contributed by atoms with Crippen LogP contribution in [0.4, 0.5) is 0 Å². The lowest BCUT2D eigenvalue weighted by molar-refractivity contribution is 0.0520. The van der Waals surface area contributed by atoms with Gasteiger partial charge in [0, 0.05) is 10.9 Å². The van der Waals surface area contributed by atoms with Gasteiger partial charge in [-0.3, -0.25) is 0 Å². The Kier molecular flexibility index (Phi) is 2.69. The molecule has 1 N–H and O–H groups in total. The van der Waals surface area contributed by atoms with Gasteiger partial charge in [-0.25, -0.2) is 4.79 Å². The van der Waals surface area contributed by atoms with E-state index in [9.17, 15) is 4.79 Å². The number of rotatable bonds is 2. The third kappa shape index (κ3) is 1.69. The van der Waals surface area contributed by atoms with E-state index in [0.29, 0.717) is 12.3 Å². The first kappa shape index (κ1) is 10.7. The van der Waals surface area contributed by atoms with Crippen LogP contribution in [0.2, 0.25) is 0 Å². The third-order valence-corrected chi connectivity index (χ3v) is 2.72. The van der Waals surface area contributed by atoms with Crippen molar-refractivity contribution in [1.29, 1.82) is 0 Å². The fourth-order valence-corrected chi connectivity index (χ4v) is 1.82. The van der Waals surface area contributed by atoms with E-state index in [-0.39, 0.29) is 5.97 Å². The van der Waals surface area contributed by atoms with Gasteiger partial charge in [0.1, 0.15) is 5.69 Å². The topological polar surface area (TPSA) is 42.1 Å². The van der Waals surface area contributed by atoms with E-state index >= 15 is 0 Å². The van der Waals surface area contributed by atoms with Crippen LogP contribution < -0.4 is 0 Å². The lowest BCUT2D eigenvalue weighted by atomic mass is 10.1. The van der Waals surface area contributed by atoms with Crippen LogP contribution in [0.15, 0.2) is 18.2 Å². The number of aromatic amines is 1. The minimum Gasteiger partial charge on any atom is -0.461 e. The number of hydrogen-bond acceptors (Lipinski definition) is 2. The van der Waals surface area contributed by atoms with Gasteiger partial charge in [-0.15, -0.1) is 0 Å². The van der Waals surface area contributed by atoms with Crippen LogP contribution in [0.25, 0.3) is 10.9 Å². The third-order valence-electron chi connectivity index (χ3n) is 2.72. The first-order valence-electron chi connectivity index (χ1n) is 5.39. The Morgan fingerprint density at radius 1 is 1.31 bits per heavy atom. The zero-order chi connectivity index (χ0) is 11.7. The Balaban J connectivity index is 2.55. The van der Waals surface area contributed by atoms with E-state index in [1.165, 1.54) is 0 Å². The molecule has 0 amide bonds. The van der Waals surface area contributed by atoms with Crippen molar-refractivity contribution >= 4 is 16.9 Å². The van der Waals surface area contributed by atoms with E-state index in [1.54, 1.807) is 6.92 Å². The SMILES string of the molecule is CCOC(=O)c1cc2c(C)ccc(C)c2[nH]1. The zero-order valence-electron chi connectivity index (χ0n) is 9.76. The lowest BCUT2D eigenvalue weighted by Gasteiger charge is -1.98. The van der Waals surface area contributed by atoms with Crippen molar-refractivity contribution in [3.63, 3.8) is 0 Å².